The van der Waals surface area contributed by atoms with Crippen LogP contribution in [-0.2, 0) is 0 Å². The van der Waals surface area contributed by atoms with E-state index in [1.165, 1.54) is 70.6 Å². The minimum atomic E-state index is -0.377. The van der Waals surface area contributed by atoms with E-state index in [0.717, 1.165) is 13.0 Å². The first kappa shape index (κ1) is 20.4. The monoisotopic (exact) mass is 322 g/mol. The number of allylic oxidation sites excluding steroid dienone is 2. The quantitative estimate of drug-likeness (QED) is 0.348. The second-order valence-corrected chi connectivity index (χ2v) is 6.81. The highest BCUT2D eigenvalue weighted by molar-refractivity contribution is 5.62. The largest absolute Gasteiger partial charge is 0.379 e. The molecule has 1 heterocycles. The molecule has 0 spiro atoms. The number of nitrogens with zero attached hydrogens (tertiary/aromatic N) is 2. The van der Waals surface area contributed by atoms with E-state index in [1.807, 2.05) is 13.1 Å². The van der Waals surface area contributed by atoms with Gasteiger partial charge in [0.2, 0.25) is 0 Å². The lowest BCUT2D eigenvalue weighted by Gasteiger charge is -2.25. The second-order valence-electron chi connectivity index (χ2n) is 6.81. The van der Waals surface area contributed by atoms with Crippen molar-refractivity contribution in [2.75, 3.05) is 6.54 Å². The van der Waals surface area contributed by atoms with E-state index < -0.39 is 0 Å². The third kappa shape index (κ3) is 9.93. The molecule has 1 aliphatic heterocycles. The van der Waals surface area contributed by atoms with Crippen molar-refractivity contribution in [3.8, 4) is 0 Å². The molecule has 23 heavy (non-hydrogen) atoms. The van der Waals surface area contributed by atoms with Crippen molar-refractivity contribution in [1.82, 2.24) is 4.90 Å². The van der Waals surface area contributed by atoms with E-state index in [1.54, 1.807) is 0 Å². The summed E-state index contributed by atoms with van der Waals surface area (Å²) in [4.78, 5) is 6.53. The lowest BCUT2D eigenvalue weighted by atomic mass is 10.1. The molecule has 0 fully saturated rings. The Hall–Kier alpha value is -0.670. The minimum absolute atomic E-state index is 0.216. The lowest BCUT2D eigenvalue weighted by molar-refractivity contribution is 0.00710. The molecule has 0 aromatic carbocycles. The van der Waals surface area contributed by atoms with Gasteiger partial charge in [-0.15, -0.1) is 0 Å². The number of rotatable bonds is 14. The number of aliphatic hydroxyl groups excluding tert-OH is 1. The molecule has 0 amide bonds. The summed E-state index contributed by atoms with van der Waals surface area (Å²) in [5.74, 6) is 0. The normalized spacial score (nSPS) is 19.9. The van der Waals surface area contributed by atoms with E-state index in [9.17, 15) is 5.11 Å². The van der Waals surface area contributed by atoms with Gasteiger partial charge < -0.3 is 5.11 Å². The average molecular weight is 323 g/mol. The number of aliphatic hydroxyl groups is 1. The second kappa shape index (κ2) is 13.7. The van der Waals surface area contributed by atoms with Crippen LogP contribution in [0.5, 0.6) is 0 Å². The molecule has 1 aliphatic rings. The van der Waals surface area contributed by atoms with Gasteiger partial charge in [0.05, 0.1) is 0 Å². The van der Waals surface area contributed by atoms with Gasteiger partial charge in [0.15, 0.2) is 0 Å². The average Bonchev–Trinajstić information content (AvgIpc) is 3.00. The molecule has 0 saturated carbocycles. The summed E-state index contributed by atoms with van der Waals surface area (Å²) < 4.78 is 0. The first-order chi connectivity index (χ1) is 11.3. The topological polar surface area (TPSA) is 35.8 Å². The molecule has 3 heteroatoms. The molecular weight excluding hydrogens is 284 g/mol. The molecule has 1 N–H and O–H groups in total. The van der Waals surface area contributed by atoms with Gasteiger partial charge in [-0.2, -0.15) is 0 Å². The van der Waals surface area contributed by atoms with Crippen LogP contribution in [-0.4, -0.2) is 35.2 Å². The van der Waals surface area contributed by atoms with Crippen LogP contribution in [0.15, 0.2) is 17.1 Å². The predicted molar refractivity (Wildman–Crippen MR) is 101 cm³/mol. The Bertz CT molecular complexity index is 326. The molecule has 0 aromatic rings. The highest BCUT2D eigenvalue weighted by Crippen LogP contribution is 2.17. The lowest BCUT2D eigenvalue weighted by Crippen LogP contribution is -2.37. The molecule has 0 bridgehead atoms. The summed E-state index contributed by atoms with van der Waals surface area (Å²) in [7, 11) is 0. The van der Waals surface area contributed by atoms with E-state index in [4.69, 9.17) is 0 Å². The molecule has 0 radical (unpaired) electrons. The van der Waals surface area contributed by atoms with Crippen LogP contribution < -0.4 is 0 Å². The van der Waals surface area contributed by atoms with Gasteiger partial charge in [-0.3, -0.25) is 9.89 Å². The molecule has 0 saturated heterocycles. The van der Waals surface area contributed by atoms with Crippen LogP contribution in [0.3, 0.4) is 0 Å². The summed E-state index contributed by atoms with van der Waals surface area (Å²) >= 11 is 0. The molecule has 1 rings (SSSR count). The van der Waals surface area contributed by atoms with Crippen molar-refractivity contribution >= 4 is 6.21 Å². The zero-order valence-corrected chi connectivity index (χ0v) is 15.4. The summed E-state index contributed by atoms with van der Waals surface area (Å²) in [6.45, 7) is 4.89. The maximum absolute atomic E-state index is 9.67. The summed E-state index contributed by atoms with van der Waals surface area (Å²) in [6, 6.07) is 0. The first-order valence-corrected chi connectivity index (χ1v) is 9.86. The Morgan fingerprint density at radius 1 is 1.04 bits per heavy atom. The van der Waals surface area contributed by atoms with Crippen molar-refractivity contribution in [3.05, 3.63) is 12.2 Å². The van der Waals surface area contributed by atoms with Crippen molar-refractivity contribution in [1.29, 1.82) is 0 Å². The summed E-state index contributed by atoms with van der Waals surface area (Å²) in [5.41, 5.74) is 0. The molecule has 0 aliphatic carbocycles. The van der Waals surface area contributed by atoms with Crippen LogP contribution in [0.1, 0.15) is 90.9 Å². The molecule has 2 atom stereocenters. The Kier molecular flexibility index (Phi) is 12.2. The smallest absolute Gasteiger partial charge is 0.106 e. The van der Waals surface area contributed by atoms with Crippen molar-refractivity contribution in [3.63, 3.8) is 0 Å². The van der Waals surface area contributed by atoms with Gasteiger partial charge in [-0.1, -0.05) is 57.6 Å². The van der Waals surface area contributed by atoms with Crippen LogP contribution in [0.25, 0.3) is 0 Å². The summed E-state index contributed by atoms with van der Waals surface area (Å²) in [5, 5.41) is 9.67. The Balaban J connectivity index is 1.86. The van der Waals surface area contributed by atoms with E-state index >= 15 is 0 Å². The van der Waals surface area contributed by atoms with Crippen molar-refractivity contribution in [2.24, 2.45) is 4.99 Å². The standard InChI is InChI=1S/C20H38N2O/c1-3-4-5-6-7-8-9-10-11-12-13-14-15-16-20-21-17-18-22(20)19(2)23/h7-8,17,19-20,23H,3-6,9-16,18H2,1-2H3/b8-7+. The van der Waals surface area contributed by atoms with Gasteiger partial charge in [-0.05, 0) is 45.4 Å². The molecule has 0 aromatic heterocycles. The predicted octanol–water partition coefficient (Wildman–Crippen LogP) is 5.29. The zero-order chi connectivity index (χ0) is 16.8. The number of hydrogen-bond donors (Lipinski definition) is 1. The van der Waals surface area contributed by atoms with E-state index in [2.05, 4.69) is 29.0 Å². The van der Waals surface area contributed by atoms with Crippen LogP contribution in [0.4, 0.5) is 0 Å². The Morgan fingerprint density at radius 3 is 2.30 bits per heavy atom. The van der Waals surface area contributed by atoms with Crippen LogP contribution in [0, 0.1) is 0 Å². The van der Waals surface area contributed by atoms with Gasteiger partial charge in [0.25, 0.3) is 0 Å². The number of aliphatic imine (C=N–C) groups is 1. The van der Waals surface area contributed by atoms with Crippen molar-refractivity contribution in [2.45, 2.75) is 103 Å². The first-order valence-electron chi connectivity index (χ1n) is 9.86. The Labute approximate surface area is 143 Å². The maximum atomic E-state index is 9.67. The van der Waals surface area contributed by atoms with Crippen molar-refractivity contribution < 1.29 is 5.11 Å². The minimum Gasteiger partial charge on any atom is -0.379 e. The van der Waals surface area contributed by atoms with Gasteiger partial charge >= 0.3 is 0 Å². The number of hydrogen-bond acceptors (Lipinski definition) is 3. The zero-order valence-electron chi connectivity index (χ0n) is 15.4. The van der Waals surface area contributed by atoms with E-state index in [-0.39, 0.29) is 12.4 Å². The maximum Gasteiger partial charge on any atom is 0.106 e. The Morgan fingerprint density at radius 2 is 1.65 bits per heavy atom. The number of unbranched alkanes of at least 4 members (excludes halogenated alkanes) is 9. The van der Waals surface area contributed by atoms with Crippen LogP contribution in [0.2, 0.25) is 0 Å². The highest BCUT2D eigenvalue weighted by atomic mass is 16.3. The molecule has 3 nitrogen and oxygen atoms in total. The third-order valence-electron chi connectivity index (χ3n) is 4.66. The molecule has 2 unspecified atom stereocenters. The highest BCUT2D eigenvalue weighted by Gasteiger charge is 2.23. The fourth-order valence-electron chi connectivity index (χ4n) is 3.16. The van der Waals surface area contributed by atoms with E-state index in [0.29, 0.717) is 0 Å². The molecular formula is C20H38N2O. The molecule has 134 valence electrons. The van der Waals surface area contributed by atoms with Gasteiger partial charge in [0, 0.05) is 12.8 Å². The third-order valence-corrected chi connectivity index (χ3v) is 4.66. The van der Waals surface area contributed by atoms with Gasteiger partial charge in [-0.25, -0.2) is 0 Å². The van der Waals surface area contributed by atoms with Gasteiger partial charge in [0.1, 0.15) is 12.4 Å². The summed E-state index contributed by atoms with van der Waals surface area (Å²) in [6.07, 6.45) is 22.1. The van der Waals surface area contributed by atoms with Crippen LogP contribution >= 0.6 is 0 Å². The SMILES string of the molecule is CCCCC/C=C/CCCCCCCCC1N=CCN1C(C)O. The fraction of sp³-hybridized carbons (Fsp3) is 0.850. The fourth-order valence-corrected chi connectivity index (χ4v) is 3.16.